The van der Waals surface area contributed by atoms with Gasteiger partial charge in [-0.15, -0.1) is 11.3 Å². The first kappa shape index (κ1) is 14.2. The maximum atomic E-state index is 11.5. The number of aromatic nitrogens is 2. The fourth-order valence-corrected chi connectivity index (χ4v) is 2.23. The molecule has 0 bridgehead atoms. The summed E-state index contributed by atoms with van der Waals surface area (Å²) in [7, 11) is 0. The van der Waals surface area contributed by atoms with E-state index in [0.717, 1.165) is 5.56 Å². The smallest absolute Gasteiger partial charge is 0.265 e. The van der Waals surface area contributed by atoms with Crippen LogP contribution in [0.3, 0.4) is 0 Å². The number of nitrogens with two attached hydrogens (primary N) is 1. The fourth-order valence-electron chi connectivity index (χ4n) is 1.50. The Balaban J connectivity index is 2.04. The van der Waals surface area contributed by atoms with E-state index in [1.807, 2.05) is 6.92 Å². The van der Waals surface area contributed by atoms with E-state index in [4.69, 9.17) is 10.5 Å². The van der Waals surface area contributed by atoms with E-state index in [9.17, 15) is 9.59 Å². The summed E-state index contributed by atoms with van der Waals surface area (Å²) in [6.07, 6.45) is 1.64. The van der Waals surface area contributed by atoms with Crippen molar-refractivity contribution in [2.24, 2.45) is 5.73 Å². The van der Waals surface area contributed by atoms with Crippen molar-refractivity contribution in [2.75, 3.05) is 18.5 Å². The number of hydrogen-bond donors (Lipinski definition) is 3. The first-order chi connectivity index (χ1) is 9.60. The van der Waals surface area contributed by atoms with Crippen LogP contribution < -0.4 is 11.1 Å². The number of H-pyrrole nitrogens is 1. The lowest BCUT2D eigenvalue weighted by atomic mass is 10.2. The second-order valence-electron chi connectivity index (χ2n) is 3.89. The maximum absolute atomic E-state index is 11.5. The number of primary amides is 1. The van der Waals surface area contributed by atoms with Gasteiger partial charge in [0.05, 0.1) is 5.69 Å². The van der Waals surface area contributed by atoms with E-state index in [1.165, 1.54) is 11.3 Å². The molecular formula is C12H14N4O3S. The minimum absolute atomic E-state index is 0.00138. The van der Waals surface area contributed by atoms with Gasteiger partial charge in [0, 0.05) is 23.7 Å². The van der Waals surface area contributed by atoms with Crippen LogP contribution in [-0.2, 0) is 9.53 Å². The Morgan fingerprint density at radius 3 is 3.00 bits per heavy atom. The molecule has 4 N–H and O–H groups in total. The summed E-state index contributed by atoms with van der Waals surface area (Å²) in [5.74, 6) is -0.781. The monoisotopic (exact) mass is 294 g/mol. The number of carbonyl (C=O) groups is 2. The number of anilines is 1. The molecule has 0 unspecified atom stereocenters. The average Bonchev–Trinajstić information content (AvgIpc) is 3.04. The highest BCUT2D eigenvalue weighted by atomic mass is 32.1. The summed E-state index contributed by atoms with van der Waals surface area (Å²) in [6, 6.07) is 1.61. The van der Waals surface area contributed by atoms with Crippen LogP contribution >= 0.6 is 11.3 Å². The van der Waals surface area contributed by atoms with Gasteiger partial charge in [-0.2, -0.15) is 0 Å². The summed E-state index contributed by atoms with van der Waals surface area (Å²) >= 11 is 1.30. The number of ether oxygens (including phenoxy) is 1. The summed E-state index contributed by atoms with van der Waals surface area (Å²) in [5, 5.41) is 4.90. The van der Waals surface area contributed by atoms with Gasteiger partial charge in [-0.3, -0.25) is 14.9 Å². The highest BCUT2D eigenvalue weighted by molar-refractivity contribution is 7.14. The topological polar surface area (TPSA) is 110 Å². The number of thiazole rings is 1. The minimum Gasteiger partial charge on any atom is -0.372 e. The van der Waals surface area contributed by atoms with Gasteiger partial charge in [-0.25, -0.2) is 4.98 Å². The third-order valence-electron chi connectivity index (χ3n) is 2.43. The van der Waals surface area contributed by atoms with Crippen molar-refractivity contribution in [3.8, 4) is 11.3 Å². The van der Waals surface area contributed by atoms with Crippen molar-refractivity contribution in [1.29, 1.82) is 0 Å². The number of amides is 2. The normalized spacial score (nSPS) is 10.4. The lowest BCUT2D eigenvalue weighted by Gasteiger charge is -2.00. The van der Waals surface area contributed by atoms with Gasteiger partial charge >= 0.3 is 0 Å². The zero-order valence-corrected chi connectivity index (χ0v) is 11.6. The van der Waals surface area contributed by atoms with Crippen LogP contribution in [-0.4, -0.2) is 35.0 Å². The van der Waals surface area contributed by atoms with Crippen molar-refractivity contribution in [2.45, 2.75) is 6.92 Å². The fraction of sp³-hybridized carbons (Fsp3) is 0.250. The van der Waals surface area contributed by atoms with Gasteiger partial charge < -0.3 is 15.5 Å². The Morgan fingerprint density at radius 1 is 1.55 bits per heavy atom. The largest absolute Gasteiger partial charge is 0.372 e. The molecule has 2 amide bonds. The van der Waals surface area contributed by atoms with E-state index in [2.05, 4.69) is 15.3 Å². The first-order valence-electron chi connectivity index (χ1n) is 5.92. The highest BCUT2D eigenvalue weighted by Gasteiger charge is 2.11. The number of rotatable bonds is 6. The van der Waals surface area contributed by atoms with E-state index < -0.39 is 5.91 Å². The van der Waals surface area contributed by atoms with Gasteiger partial charge in [0.1, 0.15) is 12.3 Å². The first-order valence-corrected chi connectivity index (χ1v) is 6.80. The summed E-state index contributed by atoms with van der Waals surface area (Å²) in [5.41, 5.74) is 6.87. The Bertz CT molecular complexity index is 620. The van der Waals surface area contributed by atoms with E-state index in [-0.39, 0.29) is 12.5 Å². The zero-order valence-electron chi connectivity index (χ0n) is 10.8. The lowest BCUT2D eigenvalue weighted by molar-refractivity contribution is -0.120. The maximum Gasteiger partial charge on any atom is 0.265 e. The highest BCUT2D eigenvalue weighted by Crippen LogP contribution is 2.25. The molecule has 0 atom stereocenters. The predicted molar refractivity (Wildman–Crippen MR) is 75.5 cm³/mol. The number of carbonyl (C=O) groups excluding carboxylic acids is 2. The quantitative estimate of drug-likeness (QED) is 0.743. The number of nitrogens with zero attached hydrogens (tertiary/aromatic N) is 1. The third-order valence-corrected chi connectivity index (χ3v) is 3.19. The standard InChI is InChI=1S/C12H14N4O3S/c1-2-19-5-10(17)16-12-15-9(6-20-12)7-3-8(11(13)18)14-4-7/h3-4,6,14H,2,5H2,1H3,(H2,13,18)(H,15,16,17). The van der Waals surface area contributed by atoms with Crippen LogP contribution in [0, 0.1) is 0 Å². The molecule has 0 aliphatic rings. The summed E-state index contributed by atoms with van der Waals surface area (Å²) < 4.78 is 5.00. The Hall–Kier alpha value is -2.19. The third kappa shape index (κ3) is 3.43. The van der Waals surface area contributed by atoms with Crippen LogP contribution in [0.4, 0.5) is 5.13 Å². The molecule has 0 fully saturated rings. The van der Waals surface area contributed by atoms with Crippen molar-refractivity contribution >= 4 is 28.3 Å². The molecule has 0 radical (unpaired) electrons. The molecule has 2 aromatic rings. The summed E-state index contributed by atoms with van der Waals surface area (Å²) in [4.78, 5) is 29.5. The molecule has 0 saturated heterocycles. The summed E-state index contributed by atoms with van der Waals surface area (Å²) in [6.45, 7) is 2.30. The molecule has 106 valence electrons. The van der Waals surface area contributed by atoms with Crippen LogP contribution in [0.25, 0.3) is 11.3 Å². The second kappa shape index (κ2) is 6.31. The number of hydrogen-bond acceptors (Lipinski definition) is 5. The van der Waals surface area contributed by atoms with Crippen LogP contribution in [0.1, 0.15) is 17.4 Å². The van der Waals surface area contributed by atoms with E-state index >= 15 is 0 Å². The molecular weight excluding hydrogens is 280 g/mol. The Morgan fingerprint density at radius 2 is 2.35 bits per heavy atom. The molecule has 0 spiro atoms. The molecule has 2 rings (SSSR count). The van der Waals surface area contributed by atoms with Crippen LogP contribution in [0.5, 0.6) is 0 Å². The minimum atomic E-state index is -0.531. The van der Waals surface area contributed by atoms with Crippen molar-refractivity contribution in [3.05, 3.63) is 23.3 Å². The lowest BCUT2D eigenvalue weighted by Crippen LogP contribution is -2.17. The predicted octanol–water partition coefficient (Wildman–Crippen LogP) is 1.21. The SMILES string of the molecule is CCOCC(=O)Nc1nc(-c2c[nH]c(C(N)=O)c2)cs1. The second-order valence-corrected chi connectivity index (χ2v) is 4.75. The van der Waals surface area contributed by atoms with E-state index in [1.54, 1.807) is 17.6 Å². The molecule has 0 aliphatic heterocycles. The van der Waals surface area contributed by atoms with Gasteiger partial charge in [0.2, 0.25) is 0 Å². The molecule has 20 heavy (non-hydrogen) atoms. The van der Waals surface area contributed by atoms with Crippen molar-refractivity contribution < 1.29 is 14.3 Å². The molecule has 0 aromatic carbocycles. The van der Waals surface area contributed by atoms with Crippen LogP contribution in [0.15, 0.2) is 17.6 Å². The van der Waals surface area contributed by atoms with Crippen molar-refractivity contribution in [1.82, 2.24) is 9.97 Å². The molecule has 2 aromatic heterocycles. The van der Waals surface area contributed by atoms with Gasteiger partial charge in [0.15, 0.2) is 5.13 Å². The Labute approximate surface area is 119 Å². The van der Waals surface area contributed by atoms with Crippen molar-refractivity contribution in [3.63, 3.8) is 0 Å². The number of aromatic amines is 1. The van der Waals surface area contributed by atoms with Gasteiger partial charge in [0.25, 0.3) is 11.8 Å². The zero-order chi connectivity index (χ0) is 14.5. The molecule has 8 heteroatoms. The molecule has 0 saturated carbocycles. The van der Waals surface area contributed by atoms with E-state index in [0.29, 0.717) is 23.1 Å². The number of nitrogens with one attached hydrogen (secondary N) is 2. The Kier molecular flexibility index (Phi) is 4.49. The van der Waals surface area contributed by atoms with Gasteiger partial charge in [-0.1, -0.05) is 0 Å². The molecule has 2 heterocycles. The van der Waals surface area contributed by atoms with Gasteiger partial charge in [-0.05, 0) is 13.0 Å². The van der Waals surface area contributed by atoms with Crippen LogP contribution in [0.2, 0.25) is 0 Å². The molecule has 0 aliphatic carbocycles. The molecule has 7 nitrogen and oxygen atoms in total. The average molecular weight is 294 g/mol.